The van der Waals surface area contributed by atoms with Crippen molar-refractivity contribution in [1.29, 1.82) is 0 Å². The number of Topliss-reactive ketones (excluding diaryl/α,β-unsaturated/α-hetero) is 1. The van der Waals surface area contributed by atoms with Gasteiger partial charge in [-0.15, -0.1) is 11.8 Å². The largest absolute Gasteiger partial charge is 0.411 e. The van der Waals surface area contributed by atoms with Crippen molar-refractivity contribution in [3.05, 3.63) is 29.8 Å². The Kier molecular flexibility index (Phi) is 4.37. The van der Waals surface area contributed by atoms with Crippen molar-refractivity contribution in [2.45, 2.75) is 18.2 Å². The normalized spacial score (nSPS) is 11.5. The average molecular weight is 223 g/mol. The van der Waals surface area contributed by atoms with Gasteiger partial charge >= 0.3 is 0 Å². The zero-order valence-electron chi connectivity index (χ0n) is 8.73. The number of ketones is 1. The number of oxime groups is 1. The summed E-state index contributed by atoms with van der Waals surface area (Å²) in [6, 6.07) is 7.25. The van der Waals surface area contributed by atoms with Gasteiger partial charge in [0.15, 0.2) is 0 Å². The standard InChI is InChI=1S/C11H13NO2S/c1-3-10(12-14)11(13)8-4-6-9(15-2)7-5-8/h4-7,14H,3H2,1-2H3/b12-10+. The van der Waals surface area contributed by atoms with Crippen LogP contribution in [0, 0.1) is 0 Å². The van der Waals surface area contributed by atoms with E-state index in [2.05, 4.69) is 5.16 Å². The second kappa shape index (κ2) is 5.56. The molecule has 3 nitrogen and oxygen atoms in total. The van der Waals surface area contributed by atoms with E-state index in [0.717, 1.165) is 4.90 Å². The molecule has 0 spiro atoms. The third kappa shape index (κ3) is 2.83. The Labute approximate surface area is 93.2 Å². The maximum absolute atomic E-state index is 11.7. The predicted octanol–water partition coefficient (Wildman–Crippen LogP) is 2.83. The molecule has 0 saturated carbocycles. The molecule has 0 aromatic heterocycles. The second-order valence-electron chi connectivity index (χ2n) is 2.96. The molecule has 0 heterocycles. The van der Waals surface area contributed by atoms with Gasteiger partial charge in [-0.3, -0.25) is 4.79 Å². The highest BCUT2D eigenvalue weighted by Crippen LogP contribution is 2.15. The summed E-state index contributed by atoms with van der Waals surface area (Å²) in [6.45, 7) is 1.78. The maximum Gasteiger partial charge on any atom is 0.210 e. The Balaban J connectivity index is 2.92. The molecular formula is C11H13NO2S. The topological polar surface area (TPSA) is 49.7 Å². The number of rotatable bonds is 4. The molecule has 0 radical (unpaired) electrons. The number of carbonyl (C=O) groups excluding carboxylic acids is 1. The molecule has 0 aliphatic carbocycles. The minimum atomic E-state index is -0.215. The lowest BCUT2D eigenvalue weighted by Gasteiger charge is -2.01. The predicted molar refractivity (Wildman–Crippen MR) is 62.1 cm³/mol. The van der Waals surface area contributed by atoms with E-state index in [4.69, 9.17) is 5.21 Å². The van der Waals surface area contributed by atoms with Crippen molar-refractivity contribution in [2.75, 3.05) is 6.26 Å². The van der Waals surface area contributed by atoms with Gasteiger partial charge in [-0.2, -0.15) is 0 Å². The van der Waals surface area contributed by atoms with Crippen molar-refractivity contribution in [3.63, 3.8) is 0 Å². The van der Waals surface area contributed by atoms with E-state index in [-0.39, 0.29) is 11.5 Å². The second-order valence-corrected chi connectivity index (χ2v) is 3.84. The third-order valence-corrected chi connectivity index (χ3v) is 2.81. The highest BCUT2D eigenvalue weighted by Gasteiger charge is 2.12. The Bertz CT molecular complexity index is 371. The molecule has 0 aliphatic heterocycles. The van der Waals surface area contributed by atoms with Crippen LogP contribution in [0.2, 0.25) is 0 Å². The molecule has 15 heavy (non-hydrogen) atoms. The summed E-state index contributed by atoms with van der Waals surface area (Å²) in [4.78, 5) is 12.8. The van der Waals surface area contributed by atoms with Gasteiger partial charge in [0.2, 0.25) is 5.78 Å². The van der Waals surface area contributed by atoms with Gasteiger partial charge in [-0.25, -0.2) is 0 Å². The summed E-state index contributed by atoms with van der Waals surface area (Å²) in [6.07, 6.45) is 2.41. The monoisotopic (exact) mass is 223 g/mol. The van der Waals surface area contributed by atoms with E-state index in [0.29, 0.717) is 12.0 Å². The summed E-state index contributed by atoms with van der Waals surface area (Å²) in [5.41, 5.74) is 0.745. The van der Waals surface area contributed by atoms with Crippen molar-refractivity contribution in [3.8, 4) is 0 Å². The van der Waals surface area contributed by atoms with E-state index >= 15 is 0 Å². The molecule has 0 unspecified atom stereocenters. The van der Waals surface area contributed by atoms with E-state index < -0.39 is 0 Å². The quantitative estimate of drug-likeness (QED) is 0.281. The van der Waals surface area contributed by atoms with Crippen molar-refractivity contribution in [2.24, 2.45) is 5.16 Å². The molecular weight excluding hydrogens is 210 g/mol. The molecule has 0 saturated heterocycles. The summed E-state index contributed by atoms with van der Waals surface area (Å²) < 4.78 is 0. The Morgan fingerprint density at radius 3 is 2.40 bits per heavy atom. The van der Waals surface area contributed by atoms with Gasteiger partial charge in [0.05, 0.1) is 0 Å². The fourth-order valence-corrected chi connectivity index (χ4v) is 1.59. The molecule has 0 bridgehead atoms. The van der Waals surface area contributed by atoms with Crippen LogP contribution in [0.3, 0.4) is 0 Å². The van der Waals surface area contributed by atoms with Crippen LogP contribution in [0.15, 0.2) is 34.3 Å². The van der Waals surface area contributed by atoms with Gasteiger partial charge in [-0.1, -0.05) is 12.1 Å². The van der Waals surface area contributed by atoms with Gasteiger partial charge in [0, 0.05) is 10.5 Å². The van der Waals surface area contributed by atoms with E-state index in [9.17, 15) is 4.79 Å². The summed E-state index contributed by atoms with van der Waals surface area (Å²) in [7, 11) is 0. The molecule has 1 rings (SSSR count). The first-order valence-electron chi connectivity index (χ1n) is 4.62. The van der Waals surface area contributed by atoms with Crippen LogP contribution < -0.4 is 0 Å². The van der Waals surface area contributed by atoms with Crippen LogP contribution >= 0.6 is 11.8 Å². The molecule has 0 fully saturated rings. The van der Waals surface area contributed by atoms with Gasteiger partial charge < -0.3 is 5.21 Å². The lowest BCUT2D eigenvalue weighted by atomic mass is 10.1. The first-order chi connectivity index (χ1) is 7.22. The number of carbonyl (C=O) groups is 1. The van der Waals surface area contributed by atoms with Crippen LogP contribution in [0.1, 0.15) is 23.7 Å². The number of hydrogen-bond donors (Lipinski definition) is 1. The Morgan fingerprint density at radius 1 is 1.40 bits per heavy atom. The van der Waals surface area contributed by atoms with E-state index in [1.165, 1.54) is 0 Å². The average Bonchev–Trinajstić information content (AvgIpc) is 2.30. The molecule has 0 aliphatic rings. The number of hydrogen-bond acceptors (Lipinski definition) is 4. The highest BCUT2D eigenvalue weighted by atomic mass is 32.2. The molecule has 80 valence electrons. The van der Waals surface area contributed by atoms with Gasteiger partial charge in [0.25, 0.3) is 0 Å². The lowest BCUT2D eigenvalue weighted by Crippen LogP contribution is -2.13. The Hall–Kier alpha value is -1.29. The summed E-state index contributed by atoms with van der Waals surface area (Å²) in [5, 5.41) is 11.6. The Morgan fingerprint density at radius 2 is 2.00 bits per heavy atom. The highest BCUT2D eigenvalue weighted by molar-refractivity contribution is 7.98. The van der Waals surface area contributed by atoms with Crippen molar-refractivity contribution in [1.82, 2.24) is 0 Å². The van der Waals surface area contributed by atoms with Crippen molar-refractivity contribution >= 4 is 23.3 Å². The molecule has 1 aromatic carbocycles. The van der Waals surface area contributed by atoms with Crippen molar-refractivity contribution < 1.29 is 10.0 Å². The van der Waals surface area contributed by atoms with E-state index in [1.54, 1.807) is 30.8 Å². The zero-order chi connectivity index (χ0) is 11.3. The SMILES string of the molecule is CC/C(=N\O)C(=O)c1ccc(SC)cc1. The molecule has 1 aromatic rings. The molecule has 1 N–H and O–H groups in total. The maximum atomic E-state index is 11.7. The van der Waals surface area contributed by atoms with E-state index in [1.807, 2.05) is 18.4 Å². The molecule has 0 amide bonds. The minimum Gasteiger partial charge on any atom is -0.411 e. The number of nitrogens with zero attached hydrogens (tertiary/aromatic N) is 1. The van der Waals surface area contributed by atoms with Crippen LogP contribution in [0.25, 0.3) is 0 Å². The third-order valence-electron chi connectivity index (χ3n) is 2.07. The van der Waals surface area contributed by atoms with Crippen LogP contribution in [0.5, 0.6) is 0 Å². The molecule has 0 atom stereocenters. The minimum absolute atomic E-state index is 0.187. The summed E-state index contributed by atoms with van der Waals surface area (Å²) >= 11 is 1.62. The zero-order valence-corrected chi connectivity index (χ0v) is 9.54. The fourth-order valence-electron chi connectivity index (χ4n) is 1.19. The van der Waals surface area contributed by atoms with Crippen LogP contribution in [-0.2, 0) is 0 Å². The summed E-state index contributed by atoms with van der Waals surface area (Å²) in [5.74, 6) is -0.215. The van der Waals surface area contributed by atoms with Crippen LogP contribution in [0.4, 0.5) is 0 Å². The van der Waals surface area contributed by atoms with Gasteiger partial charge in [0.1, 0.15) is 5.71 Å². The van der Waals surface area contributed by atoms with Gasteiger partial charge in [-0.05, 0) is 36.9 Å². The first kappa shape index (κ1) is 11.8. The van der Waals surface area contributed by atoms with Crippen LogP contribution in [-0.4, -0.2) is 23.0 Å². The number of thioether (sulfide) groups is 1. The fraction of sp³-hybridized carbons (Fsp3) is 0.273. The number of benzene rings is 1. The lowest BCUT2D eigenvalue weighted by molar-refractivity contribution is 0.106. The first-order valence-corrected chi connectivity index (χ1v) is 5.85. The smallest absolute Gasteiger partial charge is 0.210 e. The molecule has 4 heteroatoms.